The van der Waals surface area contributed by atoms with Crippen molar-refractivity contribution >= 4 is 21.7 Å². The van der Waals surface area contributed by atoms with E-state index in [0.29, 0.717) is 23.3 Å². The number of rotatable bonds is 2. The first-order valence-corrected chi connectivity index (χ1v) is 7.92. The van der Waals surface area contributed by atoms with Crippen LogP contribution in [0.4, 0.5) is 0 Å². The SMILES string of the molecule is Cc1ccc2c(c1)oc(=O)c1cc(OC3CCCOC3)ccc12. The van der Waals surface area contributed by atoms with Gasteiger partial charge in [0.2, 0.25) is 0 Å². The number of hydrogen-bond acceptors (Lipinski definition) is 4. The monoisotopic (exact) mass is 310 g/mol. The van der Waals surface area contributed by atoms with E-state index < -0.39 is 0 Å². The van der Waals surface area contributed by atoms with Gasteiger partial charge in [-0.15, -0.1) is 0 Å². The zero-order valence-corrected chi connectivity index (χ0v) is 13.0. The number of fused-ring (bicyclic) bond motifs is 3. The first-order valence-electron chi connectivity index (χ1n) is 7.92. The smallest absolute Gasteiger partial charge is 0.344 e. The lowest BCUT2D eigenvalue weighted by Gasteiger charge is -2.23. The van der Waals surface area contributed by atoms with Gasteiger partial charge in [-0.1, -0.05) is 12.1 Å². The Bertz CT molecular complexity index is 920. The van der Waals surface area contributed by atoms with Gasteiger partial charge in [0.25, 0.3) is 0 Å². The van der Waals surface area contributed by atoms with Crippen LogP contribution in [-0.2, 0) is 4.74 Å². The number of benzene rings is 2. The second-order valence-electron chi connectivity index (χ2n) is 6.05. The molecule has 0 saturated carbocycles. The molecule has 118 valence electrons. The Hall–Kier alpha value is -2.33. The normalized spacial score (nSPS) is 18.4. The third kappa shape index (κ3) is 2.70. The van der Waals surface area contributed by atoms with Crippen molar-refractivity contribution in [2.24, 2.45) is 0 Å². The molecule has 1 unspecified atom stereocenters. The maximum Gasteiger partial charge on any atom is 0.344 e. The molecule has 3 aromatic rings. The molecule has 0 radical (unpaired) electrons. The molecule has 0 bridgehead atoms. The van der Waals surface area contributed by atoms with E-state index in [9.17, 15) is 4.79 Å². The fourth-order valence-corrected chi connectivity index (χ4v) is 3.09. The summed E-state index contributed by atoms with van der Waals surface area (Å²) in [7, 11) is 0. The largest absolute Gasteiger partial charge is 0.488 e. The molecule has 2 heterocycles. The second kappa shape index (κ2) is 5.70. The Balaban J connectivity index is 1.79. The van der Waals surface area contributed by atoms with Gasteiger partial charge in [0.15, 0.2) is 0 Å². The van der Waals surface area contributed by atoms with E-state index in [1.807, 2.05) is 37.3 Å². The fraction of sp³-hybridized carbons (Fsp3) is 0.316. The van der Waals surface area contributed by atoms with E-state index in [1.54, 1.807) is 6.07 Å². The summed E-state index contributed by atoms with van der Waals surface area (Å²) in [5.74, 6) is 0.687. The van der Waals surface area contributed by atoms with E-state index in [0.717, 1.165) is 35.8 Å². The van der Waals surface area contributed by atoms with E-state index in [4.69, 9.17) is 13.9 Å². The molecular weight excluding hydrogens is 292 g/mol. The molecule has 23 heavy (non-hydrogen) atoms. The lowest BCUT2D eigenvalue weighted by atomic mass is 10.1. The summed E-state index contributed by atoms with van der Waals surface area (Å²) in [6.45, 7) is 3.38. The van der Waals surface area contributed by atoms with Gasteiger partial charge in [-0.05, 0) is 49.6 Å². The molecule has 1 aromatic heterocycles. The van der Waals surface area contributed by atoms with Gasteiger partial charge in [-0.3, -0.25) is 0 Å². The van der Waals surface area contributed by atoms with Crippen molar-refractivity contribution < 1.29 is 13.9 Å². The Morgan fingerprint density at radius 1 is 1.09 bits per heavy atom. The Labute approximate surface area is 133 Å². The lowest BCUT2D eigenvalue weighted by molar-refractivity contribution is 0.00748. The summed E-state index contributed by atoms with van der Waals surface area (Å²) in [5.41, 5.74) is 1.36. The van der Waals surface area contributed by atoms with Crippen LogP contribution in [0.25, 0.3) is 21.7 Å². The van der Waals surface area contributed by atoms with Crippen molar-refractivity contribution in [2.45, 2.75) is 25.9 Å². The number of aryl methyl sites for hydroxylation is 1. The highest BCUT2D eigenvalue weighted by Gasteiger charge is 2.16. The molecule has 0 aliphatic carbocycles. The van der Waals surface area contributed by atoms with Gasteiger partial charge in [-0.2, -0.15) is 0 Å². The Kier molecular flexibility index (Phi) is 3.54. The molecule has 2 aromatic carbocycles. The Morgan fingerprint density at radius 2 is 1.96 bits per heavy atom. The first-order chi connectivity index (χ1) is 11.2. The van der Waals surface area contributed by atoms with Gasteiger partial charge in [-0.25, -0.2) is 4.79 Å². The maximum absolute atomic E-state index is 12.3. The molecule has 1 aliphatic rings. The third-order valence-electron chi connectivity index (χ3n) is 4.26. The van der Waals surface area contributed by atoms with Crippen LogP contribution in [0.2, 0.25) is 0 Å². The molecule has 4 nitrogen and oxygen atoms in total. The van der Waals surface area contributed by atoms with E-state index in [1.165, 1.54) is 0 Å². The van der Waals surface area contributed by atoms with Crippen LogP contribution >= 0.6 is 0 Å². The van der Waals surface area contributed by atoms with Crippen LogP contribution in [0.15, 0.2) is 45.6 Å². The predicted octanol–water partition coefficient (Wildman–Crippen LogP) is 3.81. The Morgan fingerprint density at radius 3 is 2.78 bits per heavy atom. The topological polar surface area (TPSA) is 48.7 Å². The van der Waals surface area contributed by atoms with Crippen molar-refractivity contribution in [3.05, 3.63) is 52.4 Å². The van der Waals surface area contributed by atoms with E-state index in [-0.39, 0.29) is 11.7 Å². The summed E-state index contributed by atoms with van der Waals surface area (Å²) in [5, 5.41) is 2.39. The minimum atomic E-state index is -0.330. The molecule has 4 heteroatoms. The van der Waals surface area contributed by atoms with Crippen LogP contribution in [0.5, 0.6) is 5.75 Å². The molecule has 1 atom stereocenters. The zero-order chi connectivity index (χ0) is 15.8. The van der Waals surface area contributed by atoms with Crippen molar-refractivity contribution in [1.29, 1.82) is 0 Å². The molecule has 0 N–H and O–H groups in total. The van der Waals surface area contributed by atoms with Crippen LogP contribution in [-0.4, -0.2) is 19.3 Å². The average Bonchev–Trinajstić information content (AvgIpc) is 2.56. The average molecular weight is 310 g/mol. The molecule has 1 saturated heterocycles. The van der Waals surface area contributed by atoms with Crippen molar-refractivity contribution in [2.75, 3.05) is 13.2 Å². The third-order valence-corrected chi connectivity index (χ3v) is 4.26. The highest BCUT2D eigenvalue weighted by atomic mass is 16.5. The standard InChI is InChI=1S/C19H18O4/c1-12-4-6-16-15-7-5-13(22-14-3-2-8-21-11-14)10-17(15)19(20)23-18(16)9-12/h4-7,9-10,14H,2-3,8,11H2,1H3. The molecule has 0 spiro atoms. The number of hydrogen-bond donors (Lipinski definition) is 0. The van der Waals surface area contributed by atoms with Crippen LogP contribution in [0.3, 0.4) is 0 Å². The van der Waals surface area contributed by atoms with Crippen LogP contribution in [0.1, 0.15) is 18.4 Å². The van der Waals surface area contributed by atoms with Crippen molar-refractivity contribution in [1.82, 2.24) is 0 Å². The van der Waals surface area contributed by atoms with Gasteiger partial charge < -0.3 is 13.9 Å². The summed E-state index contributed by atoms with van der Waals surface area (Å²) >= 11 is 0. The lowest BCUT2D eigenvalue weighted by Crippen LogP contribution is -2.28. The van der Waals surface area contributed by atoms with Gasteiger partial charge >= 0.3 is 5.63 Å². The van der Waals surface area contributed by atoms with Gasteiger partial charge in [0, 0.05) is 17.4 Å². The first kappa shape index (κ1) is 14.3. The molecule has 4 rings (SSSR count). The minimum Gasteiger partial charge on any atom is -0.488 e. The van der Waals surface area contributed by atoms with Gasteiger partial charge in [0.1, 0.15) is 17.4 Å². The maximum atomic E-state index is 12.3. The second-order valence-corrected chi connectivity index (χ2v) is 6.05. The van der Waals surface area contributed by atoms with E-state index in [2.05, 4.69) is 0 Å². The summed E-state index contributed by atoms with van der Waals surface area (Å²) in [4.78, 5) is 12.3. The summed E-state index contributed by atoms with van der Waals surface area (Å²) < 4.78 is 16.8. The van der Waals surface area contributed by atoms with Gasteiger partial charge in [0.05, 0.1) is 12.0 Å². The molecule has 1 aliphatic heterocycles. The summed E-state index contributed by atoms with van der Waals surface area (Å²) in [6, 6.07) is 11.5. The number of ether oxygens (including phenoxy) is 2. The molecule has 1 fully saturated rings. The van der Waals surface area contributed by atoms with E-state index >= 15 is 0 Å². The zero-order valence-electron chi connectivity index (χ0n) is 13.0. The van der Waals surface area contributed by atoms with Crippen molar-refractivity contribution in [3.8, 4) is 5.75 Å². The fourth-order valence-electron chi connectivity index (χ4n) is 3.09. The predicted molar refractivity (Wildman–Crippen MR) is 89.2 cm³/mol. The highest BCUT2D eigenvalue weighted by molar-refractivity contribution is 6.04. The van der Waals surface area contributed by atoms with Crippen LogP contribution in [0, 0.1) is 6.92 Å². The minimum absolute atomic E-state index is 0.0522. The van der Waals surface area contributed by atoms with Crippen molar-refractivity contribution in [3.63, 3.8) is 0 Å². The highest BCUT2D eigenvalue weighted by Crippen LogP contribution is 2.27. The quantitative estimate of drug-likeness (QED) is 0.533. The molecule has 0 amide bonds. The van der Waals surface area contributed by atoms with Crippen LogP contribution < -0.4 is 10.4 Å². The summed E-state index contributed by atoms with van der Waals surface area (Å²) in [6.07, 6.45) is 2.03. The molecular formula is C19H18O4.